The quantitative estimate of drug-likeness (QED) is 0.798. The molecule has 1 saturated heterocycles. The molecule has 2 aliphatic heterocycles. The molecule has 0 radical (unpaired) electrons. The van der Waals surface area contributed by atoms with E-state index in [1.807, 2.05) is 19.1 Å². The summed E-state index contributed by atoms with van der Waals surface area (Å²) in [7, 11) is 0. The van der Waals surface area contributed by atoms with E-state index in [9.17, 15) is 23.2 Å². The first kappa shape index (κ1) is 18.7. The Morgan fingerprint density at radius 1 is 1.10 bits per heavy atom. The van der Waals surface area contributed by atoms with Gasteiger partial charge in [-0.25, -0.2) is 13.7 Å². The number of nitrogens with one attached hydrogen (secondary N) is 1. The van der Waals surface area contributed by atoms with Crippen LogP contribution in [0, 0.1) is 18.6 Å². The van der Waals surface area contributed by atoms with Crippen molar-refractivity contribution in [3.8, 4) is 0 Å². The predicted molar refractivity (Wildman–Crippen MR) is 97.8 cm³/mol. The van der Waals surface area contributed by atoms with Crippen molar-refractivity contribution >= 4 is 29.1 Å². The first-order valence-electron chi connectivity index (χ1n) is 8.72. The predicted octanol–water partition coefficient (Wildman–Crippen LogP) is 2.21. The van der Waals surface area contributed by atoms with Crippen LogP contribution in [0.4, 0.5) is 20.2 Å². The molecule has 4 rings (SSSR count). The summed E-state index contributed by atoms with van der Waals surface area (Å²) in [5.41, 5.74) is 1.23. The summed E-state index contributed by atoms with van der Waals surface area (Å²) in [5.74, 6) is -3.90. The van der Waals surface area contributed by atoms with Gasteiger partial charge in [-0.3, -0.25) is 19.4 Å². The molecule has 3 amide bonds. The Labute approximate surface area is 163 Å². The molecule has 10 heteroatoms. The van der Waals surface area contributed by atoms with Gasteiger partial charge in [-0.15, -0.1) is 0 Å². The largest absolute Gasteiger partial charge is 0.324 e. The Morgan fingerprint density at radius 3 is 2.52 bits per heavy atom. The lowest BCUT2D eigenvalue weighted by molar-refractivity contribution is -0.123. The van der Waals surface area contributed by atoms with E-state index in [0.717, 1.165) is 22.7 Å². The zero-order chi connectivity index (χ0) is 20.7. The number of carbonyl (C=O) groups excluding carboxylic acids is 3. The third-order valence-corrected chi connectivity index (χ3v) is 4.65. The minimum absolute atomic E-state index is 0.322. The van der Waals surface area contributed by atoms with E-state index in [4.69, 9.17) is 0 Å². The number of hydrogen-bond acceptors (Lipinski definition) is 6. The van der Waals surface area contributed by atoms with Gasteiger partial charge in [-0.05, 0) is 31.2 Å². The van der Waals surface area contributed by atoms with Crippen LogP contribution < -0.4 is 10.2 Å². The Kier molecular flexibility index (Phi) is 4.53. The number of imide groups is 1. The van der Waals surface area contributed by atoms with Gasteiger partial charge in [0.05, 0.1) is 5.69 Å². The molecule has 0 saturated carbocycles. The van der Waals surface area contributed by atoms with Crippen molar-refractivity contribution in [1.29, 1.82) is 0 Å². The van der Waals surface area contributed by atoms with E-state index in [1.54, 1.807) is 12.1 Å². The second-order valence-electron chi connectivity index (χ2n) is 6.71. The fraction of sp³-hybridized carbons (Fsp3) is 0.211. The van der Waals surface area contributed by atoms with Crippen molar-refractivity contribution in [1.82, 2.24) is 5.01 Å². The number of amides is 3. The molecule has 0 aromatic heterocycles. The summed E-state index contributed by atoms with van der Waals surface area (Å²) in [4.78, 5) is 38.3. The highest BCUT2D eigenvalue weighted by atomic mass is 19.1. The maximum absolute atomic E-state index is 14.1. The maximum Gasteiger partial charge on any atom is 0.263 e. The summed E-state index contributed by atoms with van der Waals surface area (Å²) >= 11 is 0. The van der Waals surface area contributed by atoms with Crippen molar-refractivity contribution in [2.24, 2.45) is 10.3 Å². The second-order valence-corrected chi connectivity index (χ2v) is 6.71. The molecule has 1 fully saturated rings. The molecule has 1 N–H and O–H groups in total. The molecule has 0 aliphatic carbocycles. The number of benzene rings is 2. The van der Waals surface area contributed by atoms with Gasteiger partial charge < -0.3 is 5.32 Å². The van der Waals surface area contributed by atoms with Crippen molar-refractivity contribution < 1.29 is 23.2 Å². The number of halogens is 2. The fourth-order valence-electron chi connectivity index (χ4n) is 3.24. The summed E-state index contributed by atoms with van der Waals surface area (Å²) in [6.07, 6.45) is 0. The summed E-state index contributed by atoms with van der Waals surface area (Å²) in [6.45, 7) is 1.59. The molecule has 0 bridgehead atoms. The van der Waals surface area contributed by atoms with Gasteiger partial charge in [0, 0.05) is 11.8 Å². The van der Waals surface area contributed by atoms with Crippen LogP contribution >= 0.6 is 0 Å². The number of aryl methyl sites for hydroxylation is 1. The number of fused-ring (bicyclic) bond motifs is 1. The molecule has 0 unspecified atom stereocenters. The fourth-order valence-corrected chi connectivity index (χ4v) is 3.24. The van der Waals surface area contributed by atoms with Crippen LogP contribution in [0.2, 0.25) is 0 Å². The maximum atomic E-state index is 14.1. The van der Waals surface area contributed by atoms with Gasteiger partial charge in [0.25, 0.3) is 11.8 Å². The normalized spacial score (nSPS) is 20.4. The highest BCUT2D eigenvalue weighted by Crippen LogP contribution is 2.33. The minimum Gasteiger partial charge on any atom is -0.324 e. The van der Waals surface area contributed by atoms with Crippen LogP contribution in [0.5, 0.6) is 0 Å². The molecule has 148 valence electrons. The number of rotatable bonds is 4. The molecule has 2 atom stereocenters. The van der Waals surface area contributed by atoms with E-state index in [0.29, 0.717) is 16.7 Å². The molecule has 29 heavy (non-hydrogen) atoms. The van der Waals surface area contributed by atoms with Crippen molar-refractivity contribution in [3.05, 3.63) is 59.7 Å². The van der Waals surface area contributed by atoms with Gasteiger partial charge in [0.2, 0.25) is 5.91 Å². The smallest absolute Gasteiger partial charge is 0.263 e. The SMILES string of the molecule is Cc1ccc(NC(=O)CN2N=N[C@H]3C(=O)N(c4ccc(F)cc4F)C(=O)[C@H]32)cc1. The van der Waals surface area contributed by atoms with E-state index in [2.05, 4.69) is 15.7 Å². The Hall–Kier alpha value is -3.69. The van der Waals surface area contributed by atoms with E-state index < -0.39 is 41.4 Å². The lowest BCUT2D eigenvalue weighted by atomic mass is 10.1. The molecule has 0 spiro atoms. The van der Waals surface area contributed by atoms with Crippen LogP contribution in [0.25, 0.3) is 0 Å². The van der Waals surface area contributed by atoms with Crippen LogP contribution in [-0.2, 0) is 14.4 Å². The third kappa shape index (κ3) is 3.33. The Bertz CT molecular complexity index is 1040. The highest BCUT2D eigenvalue weighted by Gasteiger charge is 2.55. The van der Waals surface area contributed by atoms with E-state index >= 15 is 0 Å². The van der Waals surface area contributed by atoms with Crippen LogP contribution in [0.15, 0.2) is 52.8 Å². The van der Waals surface area contributed by atoms with Crippen molar-refractivity contribution in [2.75, 3.05) is 16.8 Å². The van der Waals surface area contributed by atoms with Crippen LogP contribution in [0.1, 0.15) is 5.56 Å². The molecular formula is C19H15F2N5O3. The van der Waals surface area contributed by atoms with Gasteiger partial charge in [0.15, 0.2) is 12.1 Å². The van der Waals surface area contributed by atoms with Crippen molar-refractivity contribution in [2.45, 2.75) is 19.0 Å². The first-order chi connectivity index (χ1) is 13.8. The Morgan fingerprint density at radius 2 is 1.83 bits per heavy atom. The molecule has 2 heterocycles. The number of anilines is 2. The molecule has 2 aromatic rings. The van der Waals surface area contributed by atoms with Crippen LogP contribution in [-0.4, -0.2) is 41.4 Å². The first-order valence-corrected chi connectivity index (χ1v) is 8.72. The molecule has 8 nitrogen and oxygen atoms in total. The molecule has 2 aromatic carbocycles. The molecule has 2 aliphatic rings. The van der Waals surface area contributed by atoms with Gasteiger partial charge in [-0.2, -0.15) is 5.11 Å². The topological polar surface area (TPSA) is 94.4 Å². The zero-order valence-electron chi connectivity index (χ0n) is 15.2. The summed E-state index contributed by atoms with van der Waals surface area (Å²) < 4.78 is 27.2. The van der Waals surface area contributed by atoms with Gasteiger partial charge in [-0.1, -0.05) is 22.9 Å². The monoisotopic (exact) mass is 399 g/mol. The van der Waals surface area contributed by atoms with Gasteiger partial charge >= 0.3 is 0 Å². The second kappa shape index (κ2) is 7.04. The number of carbonyl (C=O) groups is 3. The Balaban J connectivity index is 1.50. The average molecular weight is 399 g/mol. The standard InChI is InChI=1S/C19H15F2N5O3/c1-10-2-5-12(6-3-10)22-15(27)9-25-17-16(23-24-25)18(28)26(19(17)29)14-7-4-11(20)8-13(14)21/h2-8,16-17H,9H2,1H3,(H,22,27)/t16-,17+/m1/s1. The summed E-state index contributed by atoms with van der Waals surface area (Å²) in [6, 6.07) is 7.31. The van der Waals surface area contributed by atoms with E-state index in [-0.39, 0.29) is 12.2 Å². The zero-order valence-corrected chi connectivity index (χ0v) is 15.2. The lowest BCUT2D eigenvalue weighted by Gasteiger charge is -2.20. The lowest BCUT2D eigenvalue weighted by Crippen LogP contribution is -2.43. The number of nitrogens with zero attached hydrogens (tertiary/aromatic N) is 4. The van der Waals surface area contributed by atoms with Crippen LogP contribution in [0.3, 0.4) is 0 Å². The third-order valence-electron chi connectivity index (χ3n) is 4.65. The minimum atomic E-state index is -1.18. The summed E-state index contributed by atoms with van der Waals surface area (Å²) in [5, 5.41) is 11.3. The van der Waals surface area contributed by atoms with Gasteiger partial charge in [0.1, 0.15) is 18.2 Å². The number of hydrogen-bond donors (Lipinski definition) is 1. The molecular weight excluding hydrogens is 384 g/mol. The van der Waals surface area contributed by atoms with E-state index in [1.165, 1.54) is 0 Å². The van der Waals surface area contributed by atoms with Crippen molar-refractivity contribution in [3.63, 3.8) is 0 Å². The highest BCUT2D eigenvalue weighted by molar-refractivity contribution is 6.25. The average Bonchev–Trinajstić information content (AvgIpc) is 3.18.